The smallest absolute Gasteiger partial charge is 0.313 e. The van der Waals surface area contributed by atoms with Crippen LogP contribution >= 0.6 is 0 Å². The van der Waals surface area contributed by atoms with E-state index in [1.165, 1.54) is 14.2 Å². The highest BCUT2D eigenvalue weighted by atomic mass is 16.7. The van der Waals surface area contributed by atoms with Gasteiger partial charge in [-0.05, 0) is 156 Å². The zero-order chi connectivity index (χ0) is 88.2. The van der Waals surface area contributed by atoms with Crippen LogP contribution in [0.5, 0.6) is 0 Å². The number of cyclic esters (lactones) is 4. The second-order valence-corrected chi connectivity index (χ2v) is 39.8. The average molecular weight is 1900 g/mol. The molecule has 0 aromatic carbocycles. The second-order valence-electron chi connectivity index (χ2n) is 39.8. The quantitative estimate of drug-likeness (QED) is 0.0760. The Morgan fingerprint density at radius 2 is 0.632 bits per heavy atom. The Kier molecular flexibility index (Phi) is 44.3. The van der Waals surface area contributed by atoms with E-state index in [4.69, 9.17) is 80.5 Å². The number of hydrogen-bond acceptors (Lipinski definition) is 31. The van der Waals surface area contributed by atoms with Gasteiger partial charge in [0.1, 0.15) is 72.5 Å². The summed E-state index contributed by atoms with van der Waals surface area (Å²) >= 11 is 0. The minimum Gasteiger partial charge on any atom is -0.469 e. The van der Waals surface area contributed by atoms with Crippen LogP contribution in [0.15, 0.2) is 0 Å². The van der Waals surface area contributed by atoms with Gasteiger partial charge in [0.05, 0.1) is 104 Å². The molecule has 36 unspecified atom stereocenters. The van der Waals surface area contributed by atoms with E-state index in [1.807, 2.05) is 90.0 Å². The fourth-order valence-corrected chi connectivity index (χ4v) is 22.7. The van der Waals surface area contributed by atoms with Crippen molar-refractivity contribution in [2.24, 2.45) is 158 Å². The first-order chi connectivity index (χ1) is 57.1. The van der Waals surface area contributed by atoms with Crippen molar-refractivity contribution in [3.05, 3.63) is 0 Å². The second kappa shape index (κ2) is 47.7. The molecule has 0 spiro atoms. The Morgan fingerprint density at radius 1 is 0.323 bits per heavy atom. The summed E-state index contributed by atoms with van der Waals surface area (Å²) < 4.78 is 91.7. The van der Waals surface area contributed by atoms with Crippen LogP contribution in [0.1, 0.15) is 284 Å². The molecule has 0 aromatic rings. The van der Waals surface area contributed by atoms with Crippen LogP contribution in [-0.4, -0.2) is 211 Å². The third kappa shape index (κ3) is 22.1. The molecule has 0 radical (unpaired) electrons. The minimum atomic E-state index is -0.774. The molecule has 10 saturated heterocycles. The topological polar surface area (TPSA) is 396 Å². The van der Waals surface area contributed by atoms with Gasteiger partial charge in [0.15, 0.2) is 24.4 Å². The Morgan fingerprint density at radius 3 is 0.992 bits per heavy atom. The molecule has 8 aliphatic carbocycles. The van der Waals surface area contributed by atoms with Gasteiger partial charge in [0, 0.05) is 60.4 Å². The summed E-state index contributed by atoms with van der Waals surface area (Å²) in [5.41, 5.74) is -1.97. The molecular weight excluding hydrogens is 1720 g/mol. The van der Waals surface area contributed by atoms with Gasteiger partial charge >= 0.3 is 83.6 Å². The first kappa shape index (κ1) is 123. The summed E-state index contributed by atoms with van der Waals surface area (Å²) in [6.07, 6.45) is 4.43. The van der Waals surface area contributed by atoms with Gasteiger partial charge in [-0.25, -0.2) is 0 Å². The predicted molar refractivity (Wildman–Crippen MR) is 498 cm³/mol. The molecule has 0 amide bonds. The molecule has 12 bridgehead atoms. The highest BCUT2D eigenvalue weighted by Crippen LogP contribution is 2.62. The van der Waals surface area contributed by atoms with Gasteiger partial charge in [-0.3, -0.25) is 67.1 Å². The van der Waals surface area contributed by atoms with Gasteiger partial charge in [0.25, 0.3) is 0 Å². The molecule has 10 aliphatic heterocycles. The van der Waals surface area contributed by atoms with E-state index in [1.54, 1.807) is 27.9 Å². The molecule has 8 saturated carbocycles. The molecule has 0 aromatic heterocycles. The fraction of sp³-hybridized carbons (Fsp3) is 0.863. The van der Waals surface area contributed by atoms with Crippen LogP contribution in [-0.2, 0) is 148 Å². The number of hydrogen-bond donors (Lipinski definition) is 0. The Labute approximate surface area is 796 Å². The number of carbonyl (C=O) groups excluding carboxylic acids is 14. The average Bonchev–Trinajstić information content (AvgIpc) is 1.53. The number of rotatable bonds is 21. The number of methoxy groups -OCH3 is 3. The molecular formula is C102H176O31. The van der Waals surface area contributed by atoms with Gasteiger partial charge in [-0.1, -0.05) is 151 Å². The van der Waals surface area contributed by atoms with Crippen molar-refractivity contribution in [2.75, 3.05) is 47.8 Å². The first-order valence-electron chi connectivity index (χ1n) is 44.4. The fourth-order valence-electron chi connectivity index (χ4n) is 22.7. The Balaban J connectivity index is 0.000000785. The van der Waals surface area contributed by atoms with Crippen LogP contribution in [0.3, 0.4) is 0 Å². The third-order valence-electron chi connectivity index (χ3n) is 32.1. The van der Waals surface area contributed by atoms with E-state index in [9.17, 15) is 67.1 Å². The van der Waals surface area contributed by atoms with Crippen molar-refractivity contribution in [3.8, 4) is 0 Å². The lowest BCUT2D eigenvalue weighted by molar-refractivity contribution is -0.175. The van der Waals surface area contributed by atoms with Gasteiger partial charge in [-0.2, -0.15) is 0 Å². The van der Waals surface area contributed by atoms with E-state index < -0.39 is 118 Å². The summed E-state index contributed by atoms with van der Waals surface area (Å²) in [5, 5.41) is 0. The molecule has 18 aliphatic rings. The lowest BCUT2D eigenvalue weighted by Crippen LogP contribution is -2.49. The molecule has 18 fully saturated rings. The normalized spacial score (nSPS) is 37.2. The van der Waals surface area contributed by atoms with Gasteiger partial charge in [-0.15, -0.1) is 0 Å². The number of carbonyl (C=O) groups is 14. The Hall–Kier alpha value is -7.54. The van der Waals surface area contributed by atoms with Crippen LogP contribution in [0.2, 0.25) is 0 Å². The van der Waals surface area contributed by atoms with E-state index in [-0.39, 0.29) is 250 Å². The van der Waals surface area contributed by atoms with E-state index in [0.717, 1.165) is 64.2 Å². The summed E-state index contributed by atoms with van der Waals surface area (Å²) in [5.74, 6) is -2.72. The van der Waals surface area contributed by atoms with Crippen molar-refractivity contribution >= 4 is 83.6 Å². The molecule has 31 nitrogen and oxygen atoms in total. The summed E-state index contributed by atoms with van der Waals surface area (Å²) in [6.45, 7) is 34.6. The summed E-state index contributed by atoms with van der Waals surface area (Å²) in [4.78, 5) is 168. The highest BCUT2D eigenvalue weighted by molar-refractivity contribution is 5.89. The Bertz CT molecular complexity index is 4000. The van der Waals surface area contributed by atoms with Crippen LogP contribution in [0.25, 0.3) is 0 Å². The van der Waals surface area contributed by atoms with Crippen LogP contribution in [0.4, 0.5) is 0 Å². The molecule has 0 N–H and O–H groups in total. The molecule has 36 atom stereocenters. The largest absolute Gasteiger partial charge is 0.469 e. The van der Waals surface area contributed by atoms with Crippen LogP contribution < -0.4 is 0 Å². The maximum absolute atomic E-state index is 12.4. The number of fused-ring (bicyclic) bond motifs is 22. The van der Waals surface area contributed by atoms with Crippen molar-refractivity contribution < 1.29 is 148 Å². The third-order valence-corrected chi connectivity index (χ3v) is 32.1. The van der Waals surface area contributed by atoms with Gasteiger partial charge in [0.2, 0.25) is 0 Å². The summed E-state index contributed by atoms with van der Waals surface area (Å²) in [6, 6.07) is 0. The zero-order valence-electron chi connectivity index (χ0n) is 73.8. The van der Waals surface area contributed by atoms with Crippen molar-refractivity contribution in [3.63, 3.8) is 0 Å². The van der Waals surface area contributed by atoms with E-state index >= 15 is 0 Å². The maximum Gasteiger partial charge on any atom is 0.313 e. The first-order valence-corrected chi connectivity index (χ1v) is 44.4. The highest BCUT2D eigenvalue weighted by Gasteiger charge is 2.75. The molecule has 10 heterocycles. The summed E-state index contributed by atoms with van der Waals surface area (Å²) in [7, 11) is 4.14. The molecule has 770 valence electrons. The van der Waals surface area contributed by atoms with E-state index in [0.29, 0.717) is 80.7 Å². The molecule has 18 rings (SSSR count). The lowest BCUT2D eigenvalue weighted by atomic mass is 9.74. The zero-order valence-corrected chi connectivity index (χ0v) is 73.8. The SMILES string of the molecule is C.C.C.C.C.C.C.C.C.C.C.C.CCC(C)(C)C(=O)OC1C(C)C2CC1C1COC(=O)C21.CCC(C)(C)C(=O)OC1C2CC(C1OC)C1C(=O)OCC21.CCC(C)(C)C(=O)OC1C2OC(=O)C3C2OC1C3C(=O)OC.CCC(C)(C)C(=O)OC1CC2CC1C1COC(=O)C21.CCC(C)C(=O)OC1C2OC(=O)C3C2OC1C3C(=O)OC.CCC(C)C(=O)OC1CC2CC1C1COC(=O)C21. The predicted octanol–water partition coefficient (Wildman–Crippen LogP) is 16.3. The maximum atomic E-state index is 12.4. The lowest BCUT2D eigenvalue weighted by Gasteiger charge is -2.36. The van der Waals surface area contributed by atoms with Crippen molar-refractivity contribution in [1.29, 1.82) is 0 Å². The van der Waals surface area contributed by atoms with E-state index in [2.05, 4.69) is 6.92 Å². The number of esters is 14. The molecule has 133 heavy (non-hydrogen) atoms. The van der Waals surface area contributed by atoms with Crippen LogP contribution in [0, 0.1) is 158 Å². The van der Waals surface area contributed by atoms with Crippen molar-refractivity contribution in [2.45, 2.75) is 363 Å². The standard InChI is InChI=1S/C16H24O5.C16H24O4.C15H20O7.C15H22O4.C14H18O7.C14H20O4.12CH4/c1-5-16(2,3)15(18)21-13-8-6-9(12(13)19-4)11-10(8)7-20-14(11)17;1-5-16(3,4)15(18)20-13-8(2)9-6-10(13)11-7-19-14(17)12(9)11;1-5-15(2,3)14(18)22-11-8-6(12(16)19-4)7-9(20-8)10(11)21-13(7)17;1-4-15(2,3)14(17)19-11-6-8-5-9(11)10-7-18-13(16)12(8)10;1-4-5(2)12(15)20-10-8-6(13(16)18-3)7-9(19-8)11(10)21-14(7)17;1-3-7(2)13(15)18-11-5-8-4-9(11)10-6-17-14(16)12(8)10;;;;;;;;;;;;/h8-13H,5-7H2,1-4H3;8-13H,5-7H2,1-4H3;6-11H,5H2,1-4H3;8-12H,4-7H2,1-3H3;5-11H,4H2,1-3H3;7-12H,3-6H2,1-2H3;12*1H4. The number of ether oxygens (including phenoxy) is 17. The monoisotopic (exact) mass is 1900 g/mol. The van der Waals surface area contributed by atoms with Crippen molar-refractivity contribution in [1.82, 2.24) is 0 Å². The minimum absolute atomic E-state index is 0. The molecule has 31 heteroatoms. The van der Waals surface area contributed by atoms with Gasteiger partial charge < -0.3 is 80.5 Å².